The minimum atomic E-state index is -4.47. The Balaban J connectivity index is 1.74. The van der Waals surface area contributed by atoms with Gasteiger partial charge in [0.15, 0.2) is 0 Å². The standard InChI is InChI=1S/C17H21F3N4O/c1-21-15(25)11-23-8-6-12(7-9-23)10-24-14-5-3-2-4-13(14)22-16(24)17(18,19)20/h2-5,12H,6-11H2,1H3,(H,21,25). The number of piperidine rings is 1. The van der Waals surface area contributed by atoms with Crippen molar-refractivity contribution >= 4 is 16.9 Å². The molecule has 5 nitrogen and oxygen atoms in total. The summed E-state index contributed by atoms with van der Waals surface area (Å²) < 4.78 is 41.3. The molecule has 2 aromatic rings. The van der Waals surface area contributed by atoms with Crippen molar-refractivity contribution < 1.29 is 18.0 Å². The number of para-hydroxylation sites is 2. The second kappa shape index (κ2) is 7.03. The smallest absolute Gasteiger partial charge is 0.358 e. The number of likely N-dealkylation sites (tertiary alicyclic amines) is 1. The lowest BCUT2D eigenvalue weighted by atomic mass is 9.96. The van der Waals surface area contributed by atoms with Crippen molar-refractivity contribution in [2.75, 3.05) is 26.7 Å². The number of amides is 1. The van der Waals surface area contributed by atoms with Crippen molar-refractivity contribution in [3.05, 3.63) is 30.1 Å². The Kier molecular flexibility index (Phi) is 4.99. The van der Waals surface area contributed by atoms with Crippen molar-refractivity contribution in [2.45, 2.75) is 25.6 Å². The summed E-state index contributed by atoms with van der Waals surface area (Å²) >= 11 is 0. The van der Waals surface area contributed by atoms with Gasteiger partial charge in [0.1, 0.15) is 0 Å². The van der Waals surface area contributed by atoms with Gasteiger partial charge in [-0.1, -0.05) is 12.1 Å². The van der Waals surface area contributed by atoms with E-state index in [2.05, 4.69) is 10.3 Å². The van der Waals surface area contributed by atoms with Crippen LogP contribution in [0.25, 0.3) is 11.0 Å². The van der Waals surface area contributed by atoms with Crippen LogP contribution in [0.1, 0.15) is 18.7 Å². The van der Waals surface area contributed by atoms with E-state index in [1.807, 2.05) is 4.90 Å². The van der Waals surface area contributed by atoms with Crippen LogP contribution >= 0.6 is 0 Å². The van der Waals surface area contributed by atoms with Gasteiger partial charge in [0, 0.05) is 13.6 Å². The van der Waals surface area contributed by atoms with Crippen molar-refractivity contribution in [3.8, 4) is 0 Å². The number of benzene rings is 1. The molecule has 1 aromatic carbocycles. The molecule has 1 aliphatic rings. The molecular formula is C17H21F3N4O. The summed E-state index contributed by atoms with van der Waals surface area (Å²) in [7, 11) is 1.60. The van der Waals surface area contributed by atoms with Crippen LogP contribution < -0.4 is 5.32 Å². The van der Waals surface area contributed by atoms with Gasteiger partial charge < -0.3 is 9.88 Å². The fourth-order valence-electron chi connectivity index (χ4n) is 3.34. The molecule has 1 saturated heterocycles. The van der Waals surface area contributed by atoms with Crippen LogP contribution in [0.5, 0.6) is 0 Å². The molecule has 0 atom stereocenters. The van der Waals surface area contributed by atoms with Crippen LogP contribution in [0, 0.1) is 5.92 Å². The molecule has 1 aliphatic heterocycles. The van der Waals surface area contributed by atoms with E-state index < -0.39 is 12.0 Å². The highest BCUT2D eigenvalue weighted by atomic mass is 19.4. The first-order valence-electron chi connectivity index (χ1n) is 8.34. The van der Waals surface area contributed by atoms with E-state index in [1.165, 1.54) is 4.57 Å². The number of alkyl halides is 3. The third-order valence-corrected chi connectivity index (χ3v) is 4.70. The van der Waals surface area contributed by atoms with E-state index in [-0.39, 0.29) is 11.8 Å². The molecule has 0 spiro atoms. The third-order valence-electron chi connectivity index (χ3n) is 4.70. The van der Waals surface area contributed by atoms with Crippen LogP contribution in [-0.2, 0) is 17.5 Å². The van der Waals surface area contributed by atoms with Crippen LogP contribution in [-0.4, -0.2) is 47.0 Å². The van der Waals surface area contributed by atoms with Crippen molar-refractivity contribution in [1.29, 1.82) is 0 Å². The molecule has 1 aromatic heterocycles. The summed E-state index contributed by atoms with van der Waals surface area (Å²) in [5.74, 6) is -0.737. The number of imidazole rings is 1. The molecule has 1 N–H and O–H groups in total. The average molecular weight is 354 g/mol. The molecule has 0 bridgehead atoms. The maximum Gasteiger partial charge on any atom is 0.449 e. The Morgan fingerprint density at radius 3 is 2.60 bits per heavy atom. The maximum atomic E-state index is 13.3. The number of hydrogen-bond donors (Lipinski definition) is 1. The van der Waals surface area contributed by atoms with E-state index >= 15 is 0 Å². The number of halogens is 3. The largest absolute Gasteiger partial charge is 0.449 e. The predicted octanol–water partition coefficient (Wildman–Crippen LogP) is 2.51. The number of nitrogens with one attached hydrogen (secondary N) is 1. The van der Waals surface area contributed by atoms with Crippen LogP contribution in [0.4, 0.5) is 13.2 Å². The first-order chi connectivity index (χ1) is 11.9. The van der Waals surface area contributed by atoms with Crippen LogP contribution in [0.15, 0.2) is 24.3 Å². The summed E-state index contributed by atoms with van der Waals surface area (Å²) in [5.41, 5.74) is 0.884. The van der Waals surface area contributed by atoms with Gasteiger partial charge in [-0.2, -0.15) is 13.2 Å². The second-order valence-corrected chi connectivity index (χ2v) is 6.43. The Bertz CT molecular complexity index is 748. The highest BCUT2D eigenvalue weighted by molar-refractivity contribution is 5.77. The molecule has 0 unspecified atom stereocenters. The molecule has 0 radical (unpaired) electrons. The SMILES string of the molecule is CNC(=O)CN1CCC(Cn2c(C(F)(F)F)nc3ccccc32)CC1. The van der Waals surface area contributed by atoms with Crippen molar-refractivity contribution in [1.82, 2.24) is 19.8 Å². The summed E-state index contributed by atoms with van der Waals surface area (Å²) in [6.45, 7) is 2.06. The Hall–Kier alpha value is -2.09. The number of hydrogen-bond acceptors (Lipinski definition) is 3. The average Bonchev–Trinajstić information content (AvgIpc) is 2.95. The minimum Gasteiger partial charge on any atom is -0.358 e. The molecule has 0 saturated carbocycles. The van der Waals surface area contributed by atoms with E-state index in [9.17, 15) is 18.0 Å². The fourth-order valence-corrected chi connectivity index (χ4v) is 3.34. The van der Waals surface area contributed by atoms with Gasteiger partial charge >= 0.3 is 6.18 Å². The highest BCUT2D eigenvalue weighted by Crippen LogP contribution is 2.33. The van der Waals surface area contributed by atoms with Crippen molar-refractivity contribution in [2.24, 2.45) is 5.92 Å². The lowest BCUT2D eigenvalue weighted by molar-refractivity contribution is -0.147. The molecule has 8 heteroatoms. The van der Waals surface area contributed by atoms with Crippen LogP contribution in [0.3, 0.4) is 0 Å². The molecule has 3 rings (SSSR count). The van der Waals surface area contributed by atoms with Crippen LogP contribution in [0.2, 0.25) is 0 Å². The number of aromatic nitrogens is 2. The first-order valence-corrected chi connectivity index (χ1v) is 8.34. The number of rotatable bonds is 4. The van der Waals surface area contributed by atoms with E-state index in [1.54, 1.807) is 31.3 Å². The molecule has 136 valence electrons. The topological polar surface area (TPSA) is 50.2 Å². The minimum absolute atomic E-state index is 0.0431. The second-order valence-electron chi connectivity index (χ2n) is 6.43. The molecular weight excluding hydrogens is 333 g/mol. The lowest BCUT2D eigenvalue weighted by Gasteiger charge is -2.31. The van der Waals surface area contributed by atoms with Gasteiger partial charge in [-0.3, -0.25) is 9.69 Å². The Morgan fingerprint density at radius 1 is 1.28 bits per heavy atom. The normalized spacial score (nSPS) is 17.1. The monoisotopic (exact) mass is 354 g/mol. The van der Waals surface area contributed by atoms with Gasteiger partial charge in [-0.25, -0.2) is 4.98 Å². The number of carbonyl (C=O) groups excluding carboxylic acids is 1. The number of nitrogens with zero attached hydrogens (tertiary/aromatic N) is 3. The predicted molar refractivity (Wildman–Crippen MR) is 88.0 cm³/mol. The summed E-state index contributed by atoms with van der Waals surface area (Å²) in [6, 6.07) is 6.70. The zero-order valence-electron chi connectivity index (χ0n) is 14.0. The molecule has 0 aliphatic carbocycles. The molecule has 2 heterocycles. The number of fused-ring (bicyclic) bond motifs is 1. The quantitative estimate of drug-likeness (QED) is 0.918. The molecule has 25 heavy (non-hydrogen) atoms. The molecule has 1 fully saturated rings. The summed E-state index contributed by atoms with van der Waals surface area (Å²) in [6.07, 6.45) is -2.94. The number of carbonyl (C=O) groups is 1. The summed E-state index contributed by atoms with van der Waals surface area (Å²) in [4.78, 5) is 17.3. The van der Waals surface area contributed by atoms with Crippen molar-refractivity contribution in [3.63, 3.8) is 0 Å². The highest BCUT2D eigenvalue weighted by Gasteiger charge is 2.38. The first kappa shape index (κ1) is 17.7. The van der Waals surface area contributed by atoms with Gasteiger partial charge in [0.05, 0.1) is 17.6 Å². The van der Waals surface area contributed by atoms with E-state index in [4.69, 9.17) is 0 Å². The summed E-state index contributed by atoms with van der Waals surface area (Å²) in [5, 5.41) is 2.59. The van der Waals surface area contributed by atoms with Gasteiger partial charge in [-0.15, -0.1) is 0 Å². The zero-order valence-corrected chi connectivity index (χ0v) is 14.0. The maximum absolute atomic E-state index is 13.3. The van der Waals surface area contributed by atoms with Gasteiger partial charge in [0.2, 0.25) is 11.7 Å². The fraction of sp³-hybridized carbons (Fsp3) is 0.529. The zero-order chi connectivity index (χ0) is 18.0. The number of likely N-dealkylation sites (N-methyl/N-ethyl adjacent to an activating group) is 1. The van der Waals surface area contributed by atoms with E-state index in [0.717, 1.165) is 12.8 Å². The lowest BCUT2D eigenvalue weighted by Crippen LogP contribution is -2.41. The third kappa shape index (κ3) is 3.95. The van der Waals surface area contributed by atoms with Gasteiger partial charge in [-0.05, 0) is 44.0 Å². The Labute approximate surface area is 143 Å². The van der Waals surface area contributed by atoms with Gasteiger partial charge in [0.25, 0.3) is 0 Å². The van der Waals surface area contributed by atoms with E-state index in [0.29, 0.717) is 37.2 Å². The Morgan fingerprint density at radius 2 is 1.96 bits per heavy atom. The molecule has 1 amide bonds.